The molecule has 0 radical (unpaired) electrons. The van der Waals surface area contributed by atoms with E-state index in [0.29, 0.717) is 16.3 Å². The van der Waals surface area contributed by atoms with Gasteiger partial charge >= 0.3 is 5.97 Å². The molecule has 1 aliphatic rings. The summed E-state index contributed by atoms with van der Waals surface area (Å²) in [6, 6.07) is 5.21. The van der Waals surface area contributed by atoms with Crippen LogP contribution in [0.5, 0.6) is 5.75 Å². The van der Waals surface area contributed by atoms with Gasteiger partial charge in [0.1, 0.15) is 11.9 Å². The molecule has 1 fully saturated rings. The number of thioether (sulfide) groups is 1. The van der Waals surface area contributed by atoms with E-state index in [0.717, 1.165) is 17.9 Å². The molecular weight excluding hydrogens is 272 g/mol. The Hall–Kier alpha value is -0.870. The maximum atomic E-state index is 10.9. The van der Waals surface area contributed by atoms with E-state index in [4.69, 9.17) is 21.4 Å². The molecule has 1 aromatic rings. The van der Waals surface area contributed by atoms with Crippen molar-refractivity contribution < 1.29 is 14.6 Å². The highest BCUT2D eigenvalue weighted by Crippen LogP contribution is 2.31. The largest absolute Gasteiger partial charge is 0.488 e. The van der Waals surface area contributed by atoms with Gasteiger partial charge in [-0.25, -0.2) is 0 Å². The average Bonchev–Trinajstić information content (AvgIpc) is 2.83. The zero-order valence-corrected chi connectivity index (χ0v) is 11.6. The SMILES string of the molecule is CC(C(=O)O)c1ccc(OC2CCSC2)c(Cl)c1. The molecule has 1 aromatic carbocycles. The minimum atomic E-state index is -0.855. The van der Waals surface area contributed by atoms with Crippen molar-refractivity contribution in [1.82, 2.24) is 0 Å². The molecule has 1 saturated heterocycles. The van der Waals surface area contributed by atoms with Crippen LogP contribution in [0.2, 0.25) is 5.02 Å². The fraction of sp³-hybridized carbons (Fsp3) is 0.462. The van der Waals surface area contributed by atoms with Crippen LogP contribution in [-0.4, -0.2) is 28.7 Å². The van der Waals surface area contributed by atoms with Gasteiger partial charge in [-0.15, -0.1) is 0 Å². The molecule has 0 spiro atoms. The zero-order chi connectivity index (χ0) is 13.1. The number of carboxylic acid groups (broad SMARTS) is 1. The number of rotatable bonds is 4. The van der Waals surface area contributed by atoms with E-state index < -0.39 is 11.9 Å². The number of hydrogen-bond donors (Lipinski definition) is 1. The summed E-state index contributed by atoms with van der Waals surface area (Å²) in [5.74, 6) is 1.34. The fourth-order valence-corrected chi connectivity index (χ4v) is 3.14. The van der Waals surface area contributed by atoms with Crippen molar-refractivity contribution >= 4 is 29.3 Å². The van der Waals surface area contributed by atoms with Crippen molar-refractivity contribution in [2.75, 3.05) is 11.5 Å². The van der Waals surface area contributed by atoms with Gasteiger partial charge in [-0.2, -0.15) is 11.8 Å². The molecule has 5 heteroatoms. The minimum Gasteiger partial charge on any atom is -0.488 e. The van der Waals surface area contributed by atoms with Crippen molar-refractivity contribution in [3.05, 3.63) is 28.8 Å². The summed E-state index contributed by atoms with van der Waals surface area (Å²) >= 11 is 8.01. The summed E-state index contributed by atoms with van der Waals surface area (Å²) in [5.41, 5.74) is 0.695. The molecule has 18 heavy (non-hydrogen) atoms. The van der Waals surface area contributed by atoms with E-state index in [9.17, 15) is 4.79 Å². The molecule has 1 N–H and O–H groups in total. The highest BCUT2D eigenvalue weighted by Gasteiger charge is 2.19. The molecule has 0 aliphatic carbocycles. The Balaban J connectivity index is 2.11. The molecule has 0 aromatic heterocycles. The Labute approximate surface area is 115 Å². The fourth-order valence-electron chi connectivity index (χ4n) is 1.81. The minimum absolute atomic E-state index is 0.218. The third kappa shape index (κ3) is 3.12. The summed E-state index contributed by atoms with van der Waals surface area (Å²) < 4.78 is 5.80. The molecule has 2 rings (SSSR count). The van der Waals surface area contributed by atoms with Gasteiger partial charge in [-0.1, -0.05) is 17.7 Å². The first-order valence-corrected chi connectivity index (χ1v) is 7.38. The molecule has 1 heterocycles. The van der Waals surface area contributed by atoms with E-state index in [-0.39, 0.29) is 6.10 Å². The number of benzene rings is 1. The predicted octanol–water partition coefficient (Wildman–Crippen LogP) is 3.41. The van der Waals surface area contributed by atoms with Crippen LogP contribution in [0.15, 0.2) is 18.2 Å². The lowest BCUT2D eigenvalue weighted by molar-refractivity contribution is -0.138. The van der Waals surface area contributed by atoms with Gasteiger partial charge in [-0.05, 0) is 36.8 Å². The van der Waals surface area contributed by atoms with Crippen molar-refractivity contribution in [2.45, 2.75) is 25.4 Å². The summed E-state index contributed by atoms with van der Waals surface area (Å²) in [6.07, 6.45) is 1.25. The van der Waals surface area contributed by atoms with E-state index in [1.165, 1.54) is 0 Å². The molecule has 0 bridgehead atoms. The van der Waals surface area contributed by atoms with E-state index in [1.807, 2.05) is 11.8 Å². The third-order valence-corrected chi connectivity index (χ3v) is 4.44. The molecule has 3 nitrogen and oxygen atoms in total. The topological polar surface area (TPSA) is 46.5 Å². The lowest BCUT2D eigenvalue weighted by Gasteiger charge is -2.15. The quantitative estimate of drug-likeness (QED) is 0.921. The van der Waals surface area contributed by atoms with Crippen molar-refractivity contribution in [3.63, 3.8) is 0 Å². The first-order valence-electron chi connectivity index (χ1n) is 5.84. The second kappa shape index (κ2) is 5.85. The Morgan fingerprint density at radius 2 is 2.39 bits per heavy atom. The van der Waals surface area contributed by atoms with Crippen molar-refractivity contribution in [3.8, 4) is 5.75 Å². The molecule has 0 saturated carbocycles. The molecule has 2 atom stereocenters. The second-order valence-electron chi connectivity index (χ2n) is 4.35. The van der Waals surface area contributed by atoms with Gasteiger partial charge in [0.15, 0.2) is 0 Å². The number of ether oxygens (including phenoxy) is 1. The van der Waals surface area contributed by atoms with Crippen LogP contribution < -0.4 is 4.74 Å². The lowest BCUT2D eigenvalue weighted by atomic mass is 10.0. The predicted molar refractivity (Wildman–Crippen MR) is 73.9 cm³/mol. The summed E-state index contributed by atoms with van der Waals surface area (Å²) in [4.78, 5) is 10.9. The number of hydrogen-bond acceptors (Lipinski definition) is 3. The van der Waals surface area contributed by atoms with Gasteiger partial charge < -0.3 is 9.84 Å². The monoisotopic (exact) mass is 286 g/mol. The van der Waals surface area contributed by atoms with E-state index >= 15 is 0 Å². The highest BCUT2D eigenvalue weighted by atomic mass is 35.5. The Bertz CT molecular complexity index is 444. The maximum Gasteiger partial charge on any atom is 0.310 e. The maximum absolute atomic E-state index is 10.9. The van der Waals surface area contributed by atoms with Gasteiger partial charge in [0.25, 0.3) is 0 Å². The van der Waals surface area contributed by atoms with Crippen LogP contribution in [0.1, 0.15) is 24.8 Å². The van der Waals surface area contributed by atoms with Crippen LogP contribution >= 0.6 is 23.4 Å². The molecule has 1 aliphatic heterocycles. The van der Waals surface area contributed by atoms with Gasteiger partial charge in [0, 0.05) is 5.75 Å². The summed E-state index contributed by atoms with van der Waals surface area (Å²) in [7, 11) is 0. The highest BCUT2D eigenvalue weighted by molar-refractivity contribution is 7.99. The first kappa shape index (κ1) is 13.6. The van der Waals surface area contributed by atoms with Gasteiger partial charge in [0.2, 0.25) is 0 Å². The Kier molecular flexibility index (Phi) is 4.40. The summed E-state index contributed by atoms with van der Waals surface area (Å²) in [5, 5.41) is 9.43. The second-order valence-corrected chi connectivity index (χ2v) is 5.91. The van der Waals surface area contributed by atoms with Crippen molar-refractivity contribution in [1.29, 1.82) is 0 Å². The van der Waals surface area contributed by atoms with Gasteiger partial charge in [-0.3, -0.25) is 4.79 Å². The molecule has 0 amide bonds. The summed E-state index contributed by atoms with van der Waals surface area (Å²) in [6.45, 7) is 1.64. The van der Waals surface area contributed by atoms with Crippen LogP contribution in [0.4, 0.5) is 0 Å². The number of carbonyl (C=O) groups is 1. The normalized spacial score (nSPS) is 20.7. The van der Waals surface area contributed by atoms with Crippen molar-refractivity contribution in [2.24, 2.45) is 0 Å². The first-order chi connectivity index (χ1) is 8.58. The smallest absolute Gasteiger partial charge is 0.310 e. The van der Waals surface area contributed by atoms with Crippen LogP contribution in [0, 0.1) is 0 Å². The number of aliphatic carboxylic acids is 1. The van der Waals surface area contributed by atoms with Gasteiger partial charge in [0.05, 0.1) is 10.9 Å². The third-order valence-electron chi connectivity index (χ3n) is 3.01. The lowest BCUT2D eigenvalue weighted by Crippen LogP contribution is -2.15. The van der Waals surface area contributed by atoms with Crippen LogP contribution in [-0.2, 0) is 4.79 Å². The molecular formula is C13H15ClO3S. The number of halogens is 1. The average molecular weight is 287 g/mol. The Morgan fingerprint density at radius 1 is 1.61 bits per heavy atom. The zero-order valence-electron chi connectivity index (χ0n) is 10.1. The number of carboxylic acids is 1. The van der Waals surface area contributed by atoms with E-state index in [1.54, 1.807) is 25.1 Å². The van der Waals surface area contributed by atoms with Crippen LogP contribution in [0.25, 0.3) is 0 Å². The molecule has 2 unspecified atom stereocenters. The van der Waals surface area contributed by atoms with Crippen LogP contribution in [0.3, 0.4) is 0 Å². The Morgan fingerprint density at radius 3 is 2.94 bits per heavy atom. The molecule has 98 valence electrons. The van der Waals surface area contributed by atoms with E-state index in [2.05, 4.69) is 0 Å². The standard InChI is InChI=1S/C13H15ClO3S/c1-8(13(15)16)9-2-3-12(11(14)6-9)17-10-4-5-18-7-10/h2-3,6,8,10H,4-5,7H2,1H3,(H,15,16).